The summed E-state index contributed by atoms with van der Waals surface area (Å²) in [5.41, 5.74) is 2.07. The summed E-state index contributed by atoms with van der Waals surface area (Å²) in [5, 5.41) is 9.87. The maximum atomic E-state index is 11.8. The Labute approximate surface area is 119 Å². The highest BCUT2D eigenvalue weighted by Gasteiger charge is 2.43. The summed E-state index contributed by atoms with van der Waals surface area (Å²) in [5.74, 6) is 0.171. The first-order chi connectivity index (χ1) is 9.72. The minimum Gasteiger partial charge on any atom is -0.394 e. The number of hydrogen-bond donors (Lipinski definition) is 1. The monoisotopic (exact) mass is 271 g/mol. The molecule has 3 heteroatoms. The molecule has 1 aromatic carbocycles. The predicted octanol–water partition coefficient (Wildman–Crippen LogP) is 2.47. The summed E-state index contributed by atoms with van der Waals surface area (Å²) in [4.78, 5) is 14.2. The molecule has 2 aliphatic rings. The summed E-state index contributed by atoms with van der Waals surface area (Å²) < 4.78 is 0. The third-order valence-electron chi connectivity index (χ3n) is 4.65. The van der Waals surface area contributed by atoms with Crippen molar-refractivity contribution >= 4 is 5.78 Å². The van der Waals surface area contributed by atoms with E-state index >= 15 is 0 Å². The number of Topliss-reactive ketones (excluding diaryl/α,β-unsaturated/α-hetero) is 1. The molecule has 3 rings (SSSR count). The van der Waals surface area contributed by atoms with Gasteiger partial charge in [-0.2, -0.15) is 0 Å². The van der Waals surface area contributed by atoms with Gasteiger partial charge in [0.2, 0.25) is 0 Å². The number of rotatable bonds is 4. The topological polar surface area (TPSA) is 40.5 Å². The summed E-state index contributed by atoms with van der Waals surface area (Å²) in [6.07, 6.45) is 5.18. The Balaban J connectivity index is 1.93. The second-order valence-electron chi connectivity index (χ2n) is 5.75. The molecule has 1 fully saturated rings. The first kappa shape index (κ1) is 13.5. The fourth-order valence-corrected chi connectivity index (χ4v) is 3.75. The van der Waals surface area contributed by atoms with E-state index < -0.39 is 0 Å². The van der Waals surface area contributed by atoms with Gasteiger partial charge in [0.05, 0.1) is 12.6 Å². The van der Waals surface area contributed by atoms with E-state index in [9.17, 15) is 9.90 Å². The fraction of sp³-hybridized carbons (Fsp3) is 0.471. The Bertz CT molecular complexity index is 523. The van der Waals surface area contributed by atoms with Crippen LogP contribution >= 0.6 is 0 Å². The van der Waals surface area contributed by atoms with Crippen LogP contribution in [-0.4, -0.2) is 34.5 Å². The van der Waals surface area contributed by atoms with E-state index in [1.807, 2.05) is 18.2 Å². The van der Waals surface area contributed by atoms with Crippen molar-refractivity contribution in [2.45, 2.75) is 44.3 Å². The van der Waals surface area contributed by atoms with Gasteiger partial charge in [-0.3, -0.25) is 9.69 Å². The van der Waals surface area contributed by atoms with Gasteiger partial charge in [-0.25, -0.2) is 0 Å². The minimum absolute atomic E-state index is 0.00301. The lowest BCUT2D eigenvalue weighted by Gasteiger charge is -2.40. The number of aliphatic hydroxyl groups excluding tert-OH is 1. The van der Waals surface area contributed by atoms with Crippen molar-refractivity contribution in [3.8, 4) is 0 Å². The molecule has 0 saturated carbocycles. The van der Waals surface area contributed by atoms with E-state index in [0.29, 0.717) is 6.04 Å². The molecule has 0 aromatic heterocycles. The zero-order valence-electron chi connectivity index (χ0n) is 11.8. The molecule has 1 saturated heterocycles. The normalized spacial score (nSPS) is 27.2. The molecule has 0 radical (unpaired) electrons. The molecule has 20 heavy (non-hydrogen) atoms. The van der Waals surface area contributed by atoms with Crippen LogP contribution in [0.5, 0.6) is 0 Å². The second-order valence-corrected chi connectivity index (χ2v) is 5.75. The third kappa shape index (κ3) is 2.21. The van der Waals surface area contributed by atoms with Gasteiger partial charge in [-0.15, -0.1) is 0 Å². The number of carbonyl (C=O) groups excluding carboxylic acids is 1. The average Bonchev–Trinajstić information content (AvgIpc) is 2.73. The Morgan fingerprint density at radius 2 is 2.10 bits per heavy atom. The zero-order valence-corrected chi connectivity index (χ0v) is 11.8. The Kier molecular flexibility index (Phi) is 3.72. The van der Waals surface area contributed by atoms with Crippen LogP contribution in [0.25, 0.3) is 0 Å². The molecule has 0 aliphatic carbocycles. The number of fused-ring (bicyclic) bond motifs is 2. The lowest BCUT2D eigenvalue weighted by molar-refractivity contribution is -0.114. The van der Waals surface area contributed by atoms with Gasteiger partial charge in [0, 0.05) is 17.7 Å². The van der Waals surface area contributed by atoms with Crippen LogP contribution in [0.2, 0.25) is 0 Å². The van der Waals surface area contributed by atoms with Crippen LogP contribution in [0.4, 0.5) is 0 Å². The Morgan fingerprint density at radius 3 is 2.75 bits per heavy atom. The molecule has 0 unspecified atom stereocenters. The van der Waals surface area contributed by atoms with Crippen molar-refractivity contribution < 1.29 is 9.90 Å². The lowest BCUT2D eigenvalue weighted by Crippen LogP contribution is -2.44. The van der Waals surface area contributed by atoms with Crippen LogP contribution < -0.4 is 0 Å². The molecule has 1 aromatic rings. The molecule has 2 aliphatic heterocycles. The van der Waals surface area contributed by atoms with Crippen molar-refractivity contribution in [3.63, 3.8) is 0 Å². The molecule has 2 heterocycles. The predicted molar refractivity (Wildman–Crippen MR) is 78.3 cm³/mol. The zero-order chi connectivity index (χ0) is 14.1. The largest absolute Gasteiger partial charge is 0.394 e. The van der Waals surface area contributed by atoms with Gasteiger partial charge in [-0.05, 0) is 31.7 Å². The maximum Gasteiger partial charge on any atom is 0.157 e. The minimum atomic E-state index is -0.00301. The number of ketones is 1. The highest BCUT2D eigenvalue weighted by atomic mass is 16.3. The quantitative estimate of drug-likeness (QED) is 0.914. The number of nitrogens with zero attached hydrogens (tertiary/aromatic N) is 1. The van der Waals surface area contributed by atoms with Gasteiger partial charge in [-0.1, -0.05) is 36.4 Å². The Morgan fingerprint density at radius 1 is 1.35 bits per heavy atom. The molecule has 0 amide bonds. The molecular formula is C17H21NO2. The van der Waals surface area contributed by atoms with E-state index in [1.54, 1.807) is 6.92 Å². The molecule has 106 valence electrons. The van der Waals surface area contributed by atoms with Crippen LogP contribution in [-0.2, 0) is 4.79 Å². The van der Waals surface area contributed by atoms with Crippen LogP contribution in [0.1, 0.15) is 37.8 Å². The smallest absolute Gasteiger partial charge is 0.157 e. The standard InChI is InChI=1S/C17H21NO2/c1-12(20)15-9-7-14-8-10-16(15)18(14)17(11-19)13-5-3-2-4-6-13/h2-6,9,14,16-17,19H,7-8,10-11H2,1H3/t14-,16-,17-/m0/s1. The van der Waals surface area contributed by atoms with Crippen molar-refractivity contribution in [1.29, 1.82) is 0 Å². The van der Waals surface area contributed by atoms with Gasteiger partial charge in [0.15, 0.2) is 5.78 Å². The number of carbonyl (C=O) groups is 1. The highest BCUT2D eigenvalue weighted by Crippen LogP contribution is 2.41. The van der Waals surface area contributed by atoms with Crippen molar-refractivity contribution in [1.82, 2.24) is 4.90 Å². The van der Waals surface area contributed by atoms with E-state index in [2.05, 4.69) is 23.1 Å². The highest BCUT2D eigenvalue weighted by molar-refractivity contribution is 5.94. The van der Waals surface area contributed by atoms with E-state index in [-0.39, 0.29) is 24.5 Å². The van der Waals surface area contributed by atoms with Crippen LogP contribution in [0.15, 0.2) is 42.0 Å². The van der Waals surface area contributed by atoms with E-state index in [1.165, 1.54) is 0 Å². The molecule has 2 bridgehead atoms. The Hall–Kier alpha value is -1.45. The van der Waals surface area contributed by atoms with Crippen molar-refractivity contribution in [2.75, 3.05) is 6.61 Å². The van der Waals surface area contributed by atoms with Crippen molar-refractivity contribution in [2.24, 2.45) is 0 Å². The van der Waals surface area contributed by atoms with Gasteiger partial charge < -0.3 is 5.11 Å². The van der Waals surface area contributed by atoms with Gasteiger partial charge in [0.1, 0.15) is 0 Å². The van der Waals surface area contributed by atoms with Crippen LogP contribution in [0.3, 0.4) is 0 Å². The van der Waals surface area contributed by atoms with Crippen LogP contribution in [0, 0.1) is 0 Å². The lowest BCUT2D eigenvalue weighted by atomic mass is 9.94. The SMILES string of the molecule is CC(=O)C1=CC[C@H]2CC[C@@H]1N2[C@@H](CO)c1ccccc1. The average molecular weight is 271 g/mol. The molecule has 0 spiro atoms. The fourth-order valence-electron chi connectivity index (χ4n) is 3.75. The maximum absolute atomic E-state index is 11.8. The summed E-state index contributed by atoms with van der Waals surface area (Å²) in [7, 11) is 0. The molecule has 1 N–H and O–H groups in total. The molecular weight excluding hydrogens is 250 g/mol. The number of aliphatic hydroxyl groups is 1. The molecule has 3 atom stereocenters. The number of hydrogen-bond acceptors (Lipinski definition) is 3. The van der Waals surface area contributed by atoms with E-state index in [4.69, 9.17) is 0 Å². The van der Waals surface area contributed by atoms with E-state index in [0.717, 1.165) is 30.4 Å². The first-order valence-electron chi connectivity index (χ1n) is 7.36. The molecule has 3 nitrogen and oxygen atoms in total. The van der Waals surface area contributed by atoms with Gasteiger partial charge in [0.25, 0.3) is 0 Å². The number of benzene rings is 1. The summed E-state index contributed by atoms with van der Waals surface area (Å²) in [6, 6.07) is 10.8. The van der Waals surface area contributed by atoms with Gasteiger partial charge >= 0.3 is 0 Å². The summed E-state index contributed by atoms with van der Waals surface area (Å²) >= 11 is 0. The first-order valence-corrected chi connectivity index (χ1v) is 7.36. The third-order valence-corrected chi connectivity index (χ3v) is 4.65. The summed E-state index contributed by atoms with van der Waals surface area (Å²) in [6.45, 7) is 1.75. The van der Waals surface area contributed by atoms with Crippen molar-refractivity contribution in [3.05, 3.63) is 47.5 Å². The second kappa shape index (κ2) is 5.51.